The van der Waals surface area contributed by atoms with Crippen LogP contribution in [-0.2, 0) is 4.74 Å². The summed E-state index contributed by atoms with van der Waals surface area (Å²) in [5.41, 5.74) is 0. The van der Waals surface area contributed by atoms with Crippen LogP contribution in [0.3, 0.4) is 0 Å². The van der Waals surface area contributed by atoms with Crippen molar-refractivity contribution in [2.45, 2.75) is 18.9 Å². The highest BCUT2D eigenvalue weighted by Gasteiger charge is 2.16. The van der Waals surface area contributed by atoms with Crippen LogP contribution in [-0.4, -0.2) is 19.7 Å². The van der Waals surface area contributed by atoms with E-state index in [-0.39, 0.29) is 12.4 Å². The lowest BCUT2D eigenvalue weighted by Crippen LogP contribution is -2.23. The number of hydrogen-bond donors (Lipinski definition) is 1. The maximum absolute atomic E-state index is 4.98. The maximum Gasteiger partial charge on any atom is 0.105 e. The van der Waals surface area contributed by atoms with Gasteiger partial charge in [-0.2, -0.15) is 0 Å². The summed E-state index contributed by atoms with van der Waals surface area (Å²) in [6.07, 6.45) is 2.42. The van der Waals surface area contributed by atoms with Gasteiger partial charge in [0.2, 0.25) is 0 Å². The molecular weight excluding hydrogens is 150 g/mol. The fourth-order valence-corrected chi connectivity index (χ4v) is 1.10. The lowest BCUT2D eigenvalue weighted by atomic mass is 10.2. The summed E-state index contributed by atoms with van der Waals surface area (Å²) >= 11 is 0. The molecule has 0 unspecified atom stereocenters. The molecule has 1 atom stereocenters. The average Bonchev–Trinajstić information content (AvgIpc) is 2.37. The van der Waals surface area contributed by atoms with Crippen molar-refractivity contribution in [3.05, 3.63) is 12.3 Å². The summed E-state index contributed by atoms with van der Waals surface area (Å²) in [5, 5.41) is 3.28. The van der Waals surface area contributed by atoms with Crippen LogP contribution in [0.15, 0.2) is 12.3 Å². The molecular formula is C7H14ClNO. The van der Waals surface area contributed by atoms with Crippen molar-refractivity contribution in [2.24, 2.45) is 0 Å². The number of methoxy groups -OCH3 is 1. The topological polar surface area (TPSA) is 21.3 Å². The van der Waals surface area contributed by atoms with Crippen LogP contribution < -0.4 is 5.32 Å². The zero-order valence-electron chi connectivity index (χ0n) is 6.22. The van der Waals surface area contributed by atoms with Crippen LogP contribution in [0, 0.1) is 0 Å². The predicted octanol–water partition coefficient (Wildman–Crippen LogP) is 1.32. The number of halogens is 1. The van der Waals surface area contributed by atoms with E-state index in [4.69, 9.17) is 4.74 Å². The van der Waals surface area contributed by atoms with Gasteiger partial charge in [0, 0.05) is 0 Å². The fourth-order valence-electron chi connectivity index (χ4n) is 1.10. The molecule has 3 heteroatoms. The molecule has 10 heavy (non-hydrogen) atoms. The van der Waals surface area contributed by atoms with E-state index in [9.17, 15) is 0 Å². The smallest absolute Gasteiger partial charge is 0.105 e. The van der Waals surface area contributed by atoms with Gasteiger partial charge in [0.1, 0.15) is 5.76 Å². The van der Waals surface area contributed by atoms with Crippen LogP contribution in [0.25, 0.3) is 0 Å². The van der Waals surface area contributed by atoms with Gasteiger partial charge >= 0.3 is 0 Å². The first kappa shape index (κ1) is 9.79. The first-order chi connectivity index (χ1) is 4.34. The van der Waals surface area contributed by atoms with Gasteiger partial charge in [-0.1, -0.05) is 6.58 Å². The van der Waals surface area contributed by atoms with Gasteiger partial charge < -0.3 is 10.1 Å². The molecule has 0 bridgehead atoms. The Morgan fingerprint density at radius 3 is 2.80 bits per heavy atom. The van der Waals surface area contributed by atoms with Crippen molar-refractivity contribution in [1.29, 1.82) is 0 Å². The molecule has 1 aliphatic rings. The van der Waals surface area contributed by atoms with Crippen molar-refractivity contribution in [1.82, 2.24) is 5.32 Å². The van der Waals surface area contributed by atoms with Crippen molar-refractivity contribution >= 4 is 12.4 Å². The van der Waals surface area contributed by atoms with Crippen molar-refractivity contribution in [3.8, 4) is 0 Å². The molecule has 1 rings (SSSR count). The van der Waals surface area contributed by atoms with E-state index in [1.807, 2.05) is 0 Å². The molecule has 2 nitrogen and oxygen atoms in total. The highest BCUT2D eigenvalue weighted by molar-refractivity contribution is 5.85. The van der Waals surface area contributed by atoms with E-state index >= 15 is 0 Å². The standard InChI is InChI=1S/C7H13NO.ClH/c1-6(9-2)7-4-3-5-8-7;/h7-8H,1,3-5H2,2H3;1H/t7-;/m0./s1. The van der Waals surface area contributed by atoms with Crippen LogP contribution in [0.1, 0.15) is 12.8 Å². The third-order valence-corrected chi connectivity index (χ3v) is 1.71. The normalized spacial score (nSPS) is 23.5. The first-order valence-corrected chi connectivity index (χ1v) is 3.31. The van der Waals surface area contributed by atoms with Gasteiger partial charge in [-0.05, 0) is 19.4 Å². The summed E-state index contributed by atoms with van der Waals surface area (Å²) < 4.78 is 4.98. The lowest BCUT2D eigenvalue weighted by Gasteiger charge is -2.10. The Hall–Kier alpha value is -0.210. The van der Waals surface area contributed by atoms with E-state index in [0.717, 1.165) is 12.3 Å². The zero-order valence-corrected chi connectivity index (χ0v) is 7.04. The highest BCUT2D eigenvalue weighted by atomic mass is 35.5. The minimum atomic E-state index is 0. The van der Waals surface area contributed by atoms with Crippen molar-refractivity contribution < 1.29 is 4.74 Å². The summed E-state index contributed by atoms with van der Waals surface area (Å²) in [7, 11) is 1.67. The molecule has 0 spiro atoms. The van der Waals surface area contributed by atoms with Gasteiger partial charge in [0.25, 0.3) is 0 Å². The zero-order chi connectivity index (χ0) is 6.69. The Morgan fingerprint density at radius 1 is 1.70 bits per heavy atom. The van der Waals surface area contributed by atoms with Gasteiger partial charge in [-0.25, -0.2) is 0 Å². The molecule has 0 amide bonds. The summed E-state index contributed by atoms with van der Waals surface area (Å²) in [4.78, 5) is 0. The molecule has 0 aliphatic carbocycles. The number of hydrogen-bond acceptors (Lipinski definition) is 2. The Kier molecular flexibility index (Phi) is 4.49. The molecule has 60 valence electrons. The molecule has 0 aromatic rings. The lowest BCUT2D eigenvalue weighted by molar-refractivity contribution is 0.260. The molecule has 0 aromatic carbocycles. The average molecular weight is 164 g/mol. The van der Waals surface area contributed by atoms with Crippen molar-refractivity contribution in [3.63, 3.8) is 0 Å². The number of nitrogens with one attached hydrogen (secondary N) is 1. The Morgan fingerprint density at radius 2 is 2.40 bits per heavy atom. The van der Waals surface area contributed by atoms with Crippen molar-refractivity contribution in [2.75, 3.05) is 13.7 Å². The molecule has 1 heterocycles. The van der Waals surface area contributed by atoms with E-state index in [1.54, 1.807) is 7.11 Å². The summed E-state index contributed by atoms with van der Waals surface area (Å²) in [6, 6.07) is 0.412. The number of rotatable bonds is 2. The largest absolute Gasteiger partial charge is 0.500 e. The van der Waals surface area contributed by atoms with E-state index < -0.39 is 0 Å². The van der Waals surface area contributed by atoms with E-state index in [2.05, 4.69) is 11.9 Å². The fraction of sp³-hybridized carbons (Fsp3) is 0.714. The molecule has 1 aliphatic heterocycles. The predicted molar refractivity (Wildman–Crippen MR) is 44.4 cm³/mol. The highest BCUT2D eigenvalue weighted by Crippen LogP contribution is 2.12. The van der Waals surface area contributed by atoms with Gasteiger partial charge in [-0.15, -0.1) is 12.4 Å². The van der Waals surface area contributed by atoms with Gasteiger partial charge in [0.15, 0.2) is 0 Å². The first-order valence-electron chi connectivity index (χ1n) is 3.31. The second kappa shape index (κ2) is 4.58. The van der Waals surface area contributed by atoms with Gasteiger partial charge in [0.05, 0.1) is 13.2 Å². The van der Waals surface area contributed by atoms with Crippen LogP contribution >= 0.6 is 12.4 Å². The summed E-state index contributed by atoms with van der Waals surface area (Å²) in [5.74, 6) is 0.868. The van der Waals surface area contributed by atoms with Crippen LogP contribution in [0.2, 0.25) is 0 Å². The minimum Gasteiger partial charge on any atom is -0.500 e. The van der Waals surface area contributed by atoms with Crippen LogP contribution in [0.5, 0.6) is 0 Å². The molecule has 0 saturated carbocycles. The summed E-state index contributed by atoms with van der Waals surface area (Å²) in [6.45, 7) is 4.87. The SMILES string of the molecule is C=C(OC)[C@@H]1CCCN1.Cl. The monoisotopic (exact) mass is 163 g/mol. The second-order valence-corrected chi connectivity index (χ2v) is 2.32. The van der Waals surface area contributed by atoms with Crippen LogP contribution in [0.4, 0.5) is 0 Å². The minimum absolute atomic E-state index is 0. The Labute approximate surface area is 68.0 Å². The second-order valence-electron chi connectivity index (χ2n) is 2.32. The quantitative estimate of drug-likeness (QED) is 0.620. The van der Waals surface area contributed by atoms with Gasteiger partial charge in [-0.3, -0.25) is 0 Å². The molecule has 1 N–H and O–H groups in total. The molecule has 1 fully saturated rings. The third-order valence-electron chi connectivity index (χ3n) is 1.71. The van der Waals surface area contributed by atoms with E-state index in [1.165, 1.54) is 12.8 Å². The maximum atomic E-state index is 4.98. The molecule has 0 radical (unpaired) electrons. The number of ether oxygens (including phenoxy) is 1. The Balaban J connectivity index is 0.000000810. The Bertz CT molecular complexity index is 110. The van der Waals surface area contributed by atoms with E-state index in [0.29, 0.717) is 6.04 Å². The molecule has 1 saturated heterocycles. The third kappa shape index (κ3) is 2.20. The molecule has 0 aromatic heterocycles.